The SMILES string of the molecule is CC(C)C1=C(Nc2ccnc(Cc3cc(F)c(F)c(F)c3)c2)CCNC1=O. The highest BCUT2D eigenvalue weighted by atomic mass is 19.2. The summed E-state index contributed by atoms with van der Waals surface area (Å²) in [6.07, 6.45) is 2.41. The van der Waals surface area contributed by atoms with Crippen molar-refractivity contribution in [1.29, 1.82) is 0 Å². The van der Waals surface area contributed by atoms with Gasteiger partial charge in [-0.25, -0.2) is 13.2 Å². The van der Waals surface area contributed by atoms with Crippen molar-refractivity contribution in [2.45, 2.75) is 26.7 Å². The molecule has 7 heteroatoms. The van der Waals surface area contributed by atoms with Crippen molar-refractivity contribution >= 4 is 11.6 Å². The Balaban J connectivity index is 1.84. The first-order valence-corrected chi connectivity index (χ1v) is 8.71. The second-order valence-electron chi connectivity index (χ2n) is 6.76. The number of carbonyl (C=O) groups excluding carboxylic acids is 1. The quantitative estimate of drug-likeness (QED) is 0.779. The molecule has 0 saturated carbocycles. The fraction of sp³-hybridized carbons (Fsp3) is 0.300. The van der Waals surface area contributed by atoms with E-state index in [1.807, 2.05) is 13.8 Å². The molecule has 1 aromatic heterocycles. The highest BCUT2D eigenvalue weighted by Gasteiger charge is 2.22. The van der Waals surface area contributed by atoms with E-state index in [0.717, 1.165) is 23.5 Å². The van der Waals surface area contributed by atoms with Crippen molar-refractivity contribution in [1.82, 2.24) is 10.3 Å². The van der Waals surface area contributed by atoms with Gasteiger partial charge in [-0.1, -0.05) is 13.8 Å². The predicted octanol–water partition coefficient (Wildman–Crippen LogP) is 3.93. The Labute approximate surface area is 155 Å². The largest absolute Gasteiger partial charge is 0.358 e. The third-order valence-electron chi connectivity index (χ3n) is 4.35. The van der Waals surface area contributed by atoms with Crippen LogP contribution in [0.5, 0.6) is 0 Å². The molecular weight excluding hydrogens is 355 g/mol. The Morgan fingerprint density at radius 2 is 1.89 bits per heavy atom. The van der Waals surface area contributed by atoms with E-state index in [4.69, 9.17) is 0 Å². The van der Waals surface area contributed by atoms with E-state index < -0.39 is 17.5 Å². The summed E-state index contributed by atoms with van der Waals surface area (Å²) in [6, 6.07) is 5.43. The molecule has 142 valence electrons. The molecule has 0 radical (unpaired) electrons. The van der Waals surface area contributed by atoms with Gasteiger partial charge in [0.1, 0.15) is 0 Å². The van der Waals surface area contributed by atoms with Gasteiger partial charge in [-0.3, -0.25) is 9.78 Å². The number of hydrogen-bond donors (Lipinski definition) is 2. The van der Waals surface area contributed by atoms with Crippen LogP contribution >= 0.6 is 0 Å². The van der Waals surface area contributed by atoms with Crippen LogP contribution in [0.2, 0.25) is 0 Å². The number of hydrogen-bond acceptors (Lipinski definition) is 3. The molecule has 1 amide bonds. The molecule has 0 bridgehead atoms. The molecule has 3 rings (SSSR count). The topological polar surface area (TPSA) is 54.0 Å². The Morgan fingerprint density at radius 1 is 1.19 bits per heavy atom. The fourth-order valence-corrected chi connectivity index (χ4v) is 3.15. The van der Waals surface area contributed by atoms with Gasteiger partial charge in [0.15, 0.2) is 17.5 Å². The van der Waals surface area contributed by atoms with E-state index in [0.29, 0.717) is 24.2 Å². The van der Waals surface area contributed by atoms with Crippen LogP contribution in [0.15, 0.2) is 41.7 Å². The molecular formula is C20H20F3N3O. The normalized spacial score (nSPS) is 14.5. The summed E-state index contributed by atoms with van der Waals surface area (Å²) in [4.78, 5) is 16.3. The van der Waals surface area contributed by atoms with Crippen LogP contribution in [0.1, 0.15) is 31.5 Å². The monoisotopic (exact) mass is 375 g/mol. The van der Waals surface area contributed by atoms with Crippen LogP contribution in [0.4, 0.5) is 18.9 Å². The average Bonchev–Trinajstić information content (AvgIpc) is 2.59. The fourth-order valence-electron chi connectivity index (χ4n) is 3.15. The van der Waals surface area contributed by atoms with Crippen LogP contribution in [0.3, 0.4) is 0 Å². The van der Waals surface area contributed by atoms with E-state index in [2.05, 4.69) is 15.6 Å². The van der Waals surface area contributed by atoms with Gasteiger partial charge in [0.2, 0.25) is 5.91 Å². The molecule has 1 aliphatic rings. The molecule has 0 aliphatic carbocycles. The Hall–Kier alpha value is -2.83. The van der Waals surface area contributed by atoms with Gasteiger partial charge in [-0.2, -0.15) is 0 Å². The first-order chi connectivity index (χ1) is 12.8. The molecule has 0 atom stereocenters. The van der Waals surface area contributed by atoms with Crippen molar-refractivity contribution in [2.75, 3.05) is 11.9 Å². The zero-order valence-electron chi connectivity index (χ0n) is 15.1. The molecule has 2 aromatic rings. The minimum absolute atomic E-state index is 0.0688. The van der Waals surface area contributed by atoms with E-state index >= 15 is 0 Å². The van der Waals surface area contributed by atoms with Crippen LogP contribution < -0.4 is 10.6 Å². The summed E-state index contributed by atoms with van der Waals surface area (Å²) in [5, 5.41) is 6.11. The number of nitrogens with zero attached hydrogens (tertiary/aromatic N) is 1. The number of halogens is 3. The maximum Gasteiger partial charge on any atom is 0.249 e. The van der Waals surface area contributed by atoms with Gasteiger partial charge in [0.25, 0.3) is 0 Å². The zero-order valence-corrected chi connectivity index (χ0v) is 15.1. The summed E-state index contributed by atoms with van der Waals surface area (Å²) in [5.74, 6) is -3.94. The maximum atomic E-state index is 13.4. The van der Waals surface area contributed by atoms with Gasteiger partial charge in [0.05, 0.1) is 0 Å². The van der Waals surface area contributed by atoms with Gasteiger partial charge in [-0.05, 0) is 35.7 Å². The van der Waals surface area contributed by atoms with Crippen molar-refractivity contribution in [2.24, 2.45) is 5.92 Å². The minimum Gasteiger partial charge on any atom is -0.358 e. The van der Waals surface area contributed by atoms with Crippen molar-refractivity contribution in [3.8, 4) is 0 Å². The van der Waals surface area contributed by atoms with Gasteiger partial charge in [0, 0.05) is 48.2 Å². The number of benzene rings is 1. The first-order valence-electron chi connectivity index (χ1n) is 8.71. The summed E-state index contributed by atoms with van der Waals surface area (Å²) < 4.78 is 39.9. The first kappa shape index (κ1) is 18.9. The Morgan fingerprint density at radius 3 is 2.56 bits per heavy atom. The molecule has 0 fully saturated rings. The molecule has 2 N–H and O–H groups in total. The Bertz CT molecular complexity index is 886. The van der Waals surface area contributed by atoms with Crippen LogP contribution in [0, 0.1) is 23.4 Å². The smallest absolute Gasteiger partial charge is 0.249 e. The van der Waals surface area contributed by atoms with E-state index in [1.165, 1.54) is 0 Å². The molecule has 1 aliphatic heterocycles. The lowest BCUT2D eigenvalue weighted by Gasteiger charge is -2.24. The second-order valence-corrected chi connectivity index (χ2v) is 6.76. The van der Waals surface area contributed by atoms with Crippen molar-refractivity contribution in [3.63, 3.8) is 0 Å². The molecule has 4 nitrogen and oxygen atoms in total. The highest BCUT2D eigenvalue weighted by molar-refractivity contribution is 5.96. The van der Waals surface area contributed by atoms with E-state index in [1.54, 1.807) is 18.3 Å². The lowest BCUT2D eigenvalue weighted by Crippen LogP contribution is -2.35. The number of anilines is 1. The zero-order chi connectivity index (χ0) is 19.6. The number of rotatable bonds is 5. The molecule has 0 saturated heterocycles. The standard InChI is InChI=1S/C20H20F3N3O/c1-11(2)18-17(4-6-25-20(18)27)26-13-3-5-24-14(10-13)7-12-8-15(21)19(23)16(22)9-12/h3,5,8-11H,4,6-7H2,1-2H3,(H,24,26)(H,25,27). The Kier molecular flexibility index (Phi) is 5.48. The lowest BCUT2D eigenvalue weighted by atomic mass is 9.96. The lowest BCUT2D eigenvalue weighted by molar-refractivity contribution is -0.118. The maximum absolute atomic E-state index is 13.4. The number of amides is 1. The number of carbonyl (C=O) groups is 1. The minimum atomic E-state index is -1.48. The third-order valence-corrected chi connectivity index (χ3v) is 4.35. The van der Waals surface area contributed by atoms with Gasteiger partial charge < -0.3 is 10.6 Å². The highest BCUT2D eigenvalue weighted by Crippen LogP contribution is 2.24. The molecule has 0 unspecified atom stereocenters. The summed E-state index contributed by atoms with van der Waals surface area (Å²) in [6.45, 7) is 4.47. The van der Waals surface area contributed by atoms with Crippen LogP contribution in [-0.4, -0.2) is 17.4 Å². The molecule has 2 heterocycles. The van der Waals surface area contributed by atoms with Crippen LogP contribution in [-0.2, 0) is 11.2 Å². The number of pyridine rings is 1. The summed E-state index contributed by atoms with van der Waals surface area (Å²) in [7, 11) is 0. The van der Waals surface area contributed by atoms with E-state index in [-0.39, 0.29) is 23.8 Å². The number of aromatic nitrogens is 1. The predicted molar refractivity (Wildman–Crippen MR) is 96.5 cm³/mol. The summed E-state index contributed by atoms with van der Waals surface area (Å²) in [5.41, 5.74) is 3.14. The van der Waals surface area contributed by atoms with Crippen molar-refractivity contribution < 1.29 is 18.0 Å². The summed E-state index contributed by atoms with van der Waals surface area (Å²) >= 11 is 0. The average molecular weight is 375 g/mol. The van der Waals surface area contributed by atoms with Gasteiger partial charge in [-0.15, -0.1) is 0 Å². The molecule has 1 aromatic carbocycles. The second kappa shape index (κ2) is 7.82. The van der Waals surface area contributed by atoms with E-state index in [9.17, 15) is 18.0 Å². The van der Waals surface area contributed by atoms with Crippen molar-refractivity contribution in [3.05, 3.63) is 70.4 Å². The molecule has 0 spiro atoms. The molecule has 27 heavy (non-hydrogen) atoms. The number of nitrogens with one attached hydrogen (secondary N) is 2. The van der Waals surface area contributed by atoms with Gasteiger partial charge >= 0.3 is 0 Å². The van der Waals surface area contributed by atoms with Crippen LogP contribution in [0.25, 0.3) is 0 Å². The third kappa shape index (κ3) is 4.30.